The van der Waals surface area contributed by atoms with Crippen LogP contribution in [0.25, 0.3) is 11.1 Å². The van der Waals surface area contributed by atoms with E-state index in [1.54, 1.807) is 28.9 Å². The molecule has 1 aliphatic carbocycles. The van der Waals surface area contributed by atoms with Crippen LogP contribution in [0.1, 0.15) is 95.5 Å². The summed E-state index contributed by atoms with van der Waals surface area (Å²) in [7, 11) is 0.375. The van der Waals surface area contributed by atoms with Crippen molar-refractivity contribution in [2.75, 3.05) is 0 Å². The molecule has 0 radical (unpaired) electrons. The highest BCUT2D eigenvalue weighted by molar-refractivity contribution is 6.55. The molecule has 0 N–H and O–H groups in total. The molecular formula is C31H52Si3. The third-order valence-electron chi connectivity index (χ3n) is 8.41. The van der Waals surface area contributed by atoms with Crippen LogP contribution >= 0.6 is 0 Å². The van der Waals surface area contributed by atoms with Crippen molar-refractivity contribution in [3.05, 3.63) is 54.1 Å². The van der Waals surface area contributed by atoms with Gasteiger partial charge in [-0.15, -0.1) is 0 Å². The van der Waals surface area contributed by atoms with Crippen LogP contribution < -0.4 is 5.19 Å². The first-order valence-electron chi connectivity index (χ1n) is 15.0. The van der Waals surface area contributed by atoms with Crippen LogP contribution in [0.5, 0.6) is 0 Å². The van der Waals surface area contributed by atoms with E-state index in [-0.39, 0.29) is 28.6 Å². The van der Waals surface area contributed by atoms with Crippen molar-refractivity contribution in [3.8, 4) is 11.1 Å². The molecule has 2 aromatic rings. The number of benzene rings is 2. The highest BCUT2D eigenvalue weighted by Crippen LogP contribution is 2.38. The highest BCUT2D eigenvalue weighted by Gasteiger charge is 2.21. The second kappa shape index (κ2) is 16.7. The van der Waals surface area contributed by atoms with Gasteiger partial charge in [0.05, 0.1) is 9.52 Å². The Balaban J connectivity index is 1.28. The van der Waals surface area contributed by atoms with Gasteiger partial charge in [-0.3, -0.25) is 0 Å². The number of hydrogen-bond acceptors (Lipinski definition) is 0. The van der Waals surface area contributed by atoms with Crippen molar-refractivity contribution in [1.29, 1.82) is 0 Å². The van der Waals surface area contributed by atoms with E-state index in [2.05, 4.69) is 62.0 Å². The molecule has 0 spiro atoms. The van der Waals surface area contributed by atoms with E-state index in [1.165, 1.54) is 88.2 Å². The zero-order chi connectivity index (χ0) is 23.8. The Bertz CT molecular complexity index is 760. The van der Waals surface area contributed by atoms with Crippen molar-refractivity contribution < 1.29 is 0 Å². The first kappa shape index (κ1) is 27.7. The van der Waals surface area contributed by atoms with Crippen LogP contribution in [0.15, 0.2) is 48.5 Å². The summed E-state index contributed by atoms with van der Waals surface area (Å²) in [6.07, 6.45) is 17.6. The molecular weight excluding hydrogens is 457 g/mol. The van der Waals surface area contributed by atoms with Gasteiger partial charge >= 0.3 is 0 Å². The van der Waals surface area contributed by atoms with Gasteiger partial charge in [0.25, 0.3) is 0 Å². The minimum absolute atomic E-state index is 0.0522. The van der Waals surface area contributed by atoms with Crippen LogP contribution in [0, 0.1) is 0 Å². The average molecular weight is 509 g/mol. The molecule has 0 saturated heterocycles. The van der Waals surface area contributed by atoms with E-state index in [0.717, 1.165) is 11.5 Å². The lowest BCUT2D eigenvalue weighted by Gasteiger charge is -2.28. The molecule has 2 aromatic carbocycles. The fraction of sp³-hybridized carbons (Fsp3) is 0.613. The van der Waals surface area contributed by atoms with Gasteiger partial charge in [0, 0.05) is 19.0 Å². The molecule has 1 saturated carbocycles. The molecule has 0 amide bonds. The van der Waals surface area contributed by atoms with Gasteiger partial charge < -0.3 is 0 Å². The molecule has 0 aromatic heterocycles. The molecule has 0 nitrogen and oxygen atoms in total. The normalized spacial score (nSPS) is 19.4. The van der Waals surface area contributed by atoms with E-state index in [1.807, 2.05) is 0 Å². The lowest BCUT2D eigenvalue weighted by molar-refractivity contribution is 0.441. The Labute approximate surface area is 218 Å². The number of hydrogen-bond donors (Lipinski definition) is 0. The lowest BCUT2D eigenvalue weighted by atomic mass is 9.83. The predicted octanol–water partition coefficient (Wildman–Crippen LogP) is 7.38. The fourth-order valence-electron chi connectivity index (χ4n) is 5.89. The Kier molecular flexibility index (Phi) is 13.6. The Morgan fingerprint density at radius 3 is 1.85 bits per heavy atom. The van der Waals surface area contributed by atoms with Gasteiger partial charge in [0.2, 0.25) is 0 Å². The third-order valence-corrected chi connectivity index (χ3v) is 15.3. The van der Waals surface area contributed by atoms with Gasteiger partial charge in [-0.1, -0.05) is 155 Å². The lowest BCUT2D eigenvalue weighted by Crippen LogP contribution is -2.13. The molecule has 1 fully saturated rings. The highest BCUT2D eigenvalue weighted by atomic mass is 28.2. The topological polar surface area (TPSA) is 0 Å². The number of rotatable bonds is 16. The fourth-order valence-corrected chi connectivity index (χ4v) is 11.6. The van der Waals surface area contributed by atoms with Crippen LogP contribution in [-0.2, 0) is 0 Å². The largest absolute Gasteiger partial charge is 0.0746 e. The first-order valence-corrected chi connectivity index (χ1v) is 20.9. The molecule has 0 aliphatic heterocycles. The summed E-state index contributed by atoms with van der Waals surface area (Å²) < 4.78 is 0. The minimum atomic E-state index is -0.0522. The number of unbranched alkanes of at least 4 members (excludes halogenated alkanes) is 7. The van der Waals surface area contributed by atoms with Crippen molar-refractivity contribution >= 4 is 33.7 Å². The van der Waals surface area contributed by atoms with Crippen molar-refractivity contribution in [2.24, 2.45) is 0 Å². The summed E-state index contributed by atoms with van der Waals surface area (Å²) in [5.41, 5.74) is 5.49. The van der Waals surface area contributed by atoms with Gasteiger partial charge in [0.15, 0.2) is 0 Å². The molecule has 3 rings (SSSR count). The van der Waals surface area contributed by atoms with Crippen LogP contribution in [0.4, 0.5) is 0 Å². The summed E-state index contributed by atoms with van der Waals surface area (Å²) >= 11 is 0. The standard InChI is InChI=1S/C31H52Si3/c1-3-4-5-6-7-8-9-10-23-33-24-25-34-31-21-17-29(18-22-31)27-13-11-26(12-14-27)28-15-19-30(32-2)20-16-28/h11-14,17-18,21-22,28,30H,3-10,15-16,19-20,23-25,32-34H2,1-2H3/t28-,30-. The van der Waals surface area contributed by atoms with Gasteiger partial charge in [-0.25, -0.2) is 0 Å². The van der Waals surface area contributed by atoms with Crippen LogP contribution in [0.3, 0.4) is 0 Å². The summed E-state index contributed by atoms with van der Waals surface area (Å²) in [6.45, 7) is 4.80. The predicted molar refractivity (Wildman–Crippen MR) is 165 cm³/mol. The minimum Gasteiger partial charge on any atom is -0.0746 e. The zero-order valence-corrected chi connectivity index (χ0v) is 26.7. The van der Waals surface area contributed by atoms with Crippen molar-refractivity contribution in [3.63, 3.8) is 0 Å². The van der Waals surface area contributed by atoms with E-state index >= 15 is 0 Å². The van der Waals surface area contributed by atoms with E-state index < -0.39 is 0 Å². The Morgan fingerprint density at radius 1 is 0.647 bits per heavy atom. The Morgan fingerprint density at radius 2 is 1.24 bits per heavy atom. The van der Waals surface area contributed by atoms with E-state index in [0.29, 0.717) is 0 Å². The second-order valence-electron chi connectivity index (χ2n) is 11.1. The van der Waals surface area contributed by atoms with E-state index in [9.17, 15) is 0 Å². The molecule has 0 bridgehead atoms. The molecule has 1 aliphatic rings. The zero-order valence-electron chi connectivity index (χ0n) is 22.5. The van der Waals surface area contributed by atoms with E-state index in [4.69, 9.17) is 0 Å². The van der Waals surface area contributed by atoms with Gasteiger partial charge in [-0.2, -0.15) is 0 Å². The first-order chi connectivity index (χ1) is 16.8. The monoisotopic (exact) mass is 508 g/mol. The average Bonchev–Trinajstić information content (AvgIpc) is 2.90. The van der Waals surface area contributed by atoms with Crippen LogP contribution in [0.2, 0.25) is 30.2 Å². The summed E-state index contributed by atoms with van der Waals surface area (Å²) in [4.78, 5) is 0. The molecule has 0 unspecified atom stereocenters. The van der Waals surface area contributed by atoms with Crippen LogP contribution in [-0.4, -0.2) is 28.6 Å². The molecule has 188 valence electrons. The molecule has 0 heterocycles. The SMILES string of the molecule is CCCCCCCCCC[SiH2]CC[SiH2]c1ccc(-c2ccc([C@H]3CC[C@H]([SiH2]C)CC3)cc2)cc1. The summed E-state index contributed by atoms with van der Waals surface area (Å²) in [5, 5.41) is 1.66. The maximum atomic E-state index is 2.49. The smallest absolute Gasteiger partial charge is 0.0544 e. The second-order valence-corrected chi connectivity index (χ2v) is 17.2. The Hall–Kier alpha value is -0.909. The van der Waals surface area contributed by atoms with Gasteiger partial charge in [0.1, 0.15) is 0 Å². The molecule has 0 atom stereocenters. The quantitative estimate of drug-likeness (QED) is 0.164. The third kappa shape index (κ3) is 9.99. The van der Waals surface area contributed by atoms with Gasteiger partial charge in [-0.05, 0) is 35.4 Å². The summed E-state index contributed by atoms with van der Waals surface area (Å²) in [6, 6.07) is 24.0. The van der Waals surface area contributed by atoms with Crippen molar-refractivity contribution in [1.82, 2.24) is 0 Å². The maximum absolute atomic E-state index is 2.49. The summed E-state index contributed by atoms with van der Waals surface area (Å²) in [5.74, 6) is 0.818. The molecule has 34 heavy (non-hydrogen) atoms. The maximum Gasteiger partial charge on any atom is 0.0544 e. The van der Waals surface area contributed by atoms with Crippen molar-refractivity contribution in [2.45, 2.75) is 120 Å². The molecule has 3 heteroatoms.